The van der Waals surface area contributed by atoms with Gasteiger partial charge in [0.1, 0.15) is 0 Å². The fraction of sp³-hybridized carbons (Fsp3) is 0.571. The van der Waals surface area contributed by atoms with E-state index >= 15 is 0 Å². The van der Waals surface area contributed by atoms with E-state index in [1.54, 1.807) is 32.9 Å². The molecule has 6 heteroatoms. The third-order valence-corrected chi connectivity index (χ3v) is 3.77. The predicted octanol–water partition coefficient (Wildman–Crippen LogP) is 1.26. The minimum atomic E-state index is -1.12. The predicted molar refractivity (Wildman–Crippen MR) is 80.7 cm³/mol. The summed E-state index contributed by atoms with van der Waals surface area (Å²) in [6.45, 7) is 2.20. The van der Waals surface area contributed by atoms with Gasteiger partial charge in [-0.3, -0.25) is 0 Å². The number of ether oxygens (including phenoxy) is 2. The molecule has 1 aromatic carbocycles. The van der Waals surface area contributed by atoms with E-state index in [0.29, 0.717) is 24.6 Å². The molecule has 0 amide bonds. The molecule has 0 radical (unpaired) electrons. The van der Waals surface area contributed by atoms with Crippen LogP contribution in [-0.4, -0.2) is 49.4 Å². The van der Waals surface area contributed by atoms with Gasteiger partial charge in [0.2, 0.25) is 0 Å². The van der Waals surface area contributed by atoms with Gasteiger partial charge in [0.25, 0.3) is 0 Å². The molecule has 0 spiro atoms. The molecule has 1 aromatic rings. The summed E-state index contributed by atoms with van der Waals surface area (Å²) in [5, 5.41) is 21.9. The van der Waals surface area contributed by atoms with Crippen LogP contribution in [0.4, 0.5) is 0 Å². The Bertz CT molecular complexity index is 437. The first-order valence-corrected chi connectivity index (χ1v) is 7.52. The van der Waals surface area contributed by atoms with Gasteiger partial charge in [-0.1, -0.05) is 0 Å². The van der Waals surface area contributed by atoms with Crippen LogP contribution in [0.25, 0.3) is 0 Å². The number of thioether (sulfide) groups is 1. The van der Waals surface area contributed by atoms with Crippen LogP contribution in [0.1, 0.15) is 12.5 Å². The number of hydrogen-bond donors (Lipinski definition) is 3. The van der Waals surface area contributed by atoms with E-state index in [-0.39, 0.29) is 6.61 Å². The smallest absolute Gasteiger partial charge is 0.161 e. The molecule has 1 rings (SSSR count). The number of aliphatic hydroxyl groups is 2. The molecule has 0 fully saturated rings. The third kappa shape index (κ3) is 4.56. The molecule has 0 aliphatic carbocycles. The van der Waals surface area contributed by atoms with Crippen molar-refractivity contribution in [2.75, 3.05) is 33.6 Å². The number of nitrogens with one attached hydrogen (secondary N) is 1. The van der Waals surface area contributed by atoms with Crippen molar-refractivity contribution in [1.82, 2.24) is 5.32 Å². The van der Waals surface area contributed by atoms with Crippen molar-refractivity contribution in [3.8, 4) is 11.5 Å². The Labute approximate surface area is 124 Å². The monoisotopic (exact) mass is 301 g/mol. The third-order valence-electron chi connectivity index (χ3n) is 2.95. The van der Waals surface area contributed by atoms with Crippen molar-refractivity contribution in [3.63, 3.8) is 0 Å². The second-order valence-corrected chi connectivity index (χ2v) is 5.63. The number of aliphatic hydroxyl groups excluding tert-OH is 1. The van der Waals surface area contributed by atoms with E-state index in [0.717, 1.165) is 10.5 Å². The van der Waals surface area contributed by atoms with E-state index in [1.165, 1.54) is 0 Å². The summed E-state index contributed by atoms with van der Waals surface area (Å²) >= 11 is 1.62. The van der Waals surface area contributed by atoms with Crippen molar-refractivity contribution < 1.29 is 19.7 Å². The van der Waals surface area contributed by atoms with Crippen molar-refractivity contribution in [2.45, 2.75) is 24.0 Å². The Balaban J connectivity index is 2.83. The van der Waals surface area contributed by atoms with Crippen LogP contribution in [0.2, 0.25) is 0 Å². The second-order valence-electron chi connectivity index (χ2n) is 4.78. The van der Waals surface area contributed by atoms with Gasteiger partial charge in [-0.05, 0) is 30.9 Å². The first-order chi connectivity index (χ1) is 9.47. The zero-order valence-corrected chi connectivity index (χ0v) is 13.2. The number of benzene rings is 1. The average molecular weight is 301 g/mol. The Morgan fingerprint density at radius 3 is 2.35 bits per heavy atom. The maximum absolute atomic E-state index is 9.75. The quantitative estimate of drug-likeness (QED) is 0.628. The fourth-order valence-corrected chi connectivity index (χ4v) is 2.37. The van der Waals surface area contributed by atoms with Crippen molar-refractivity contribution in [3.05, 3.63) is 17.7 Å². The molecular formula is C14H23NO4S. The van der Waals surface area contributed by atoms with Crippen LogP contribution in [0, 0.1) is 0 Å². The number of methoxy groups -OCH3 is 2. The molecule has 5 nitrogen and oxygen atoms in total. The molecule has 0 saturated heterocycles. The lowest BCUT2D eigenvalue weighted by Crippen LogP contribution is -2.40. The molecule has 0 saturated carbocycles. The molecular weight excluding hydrogens is 278 g/mol. The Morgan fingerprint density at radius 1 is 1.25 bits per heavy atom. The summed E-state index contributed by atoms with van der Waals surface area (Å²) in [4.78, 5) is 1.08. The van der Waals surface area contributed by atoms with Crippen LogP contribution in [0.3, 0.4) is 0 Å². The highest BCUT2D eigenvalue weighted by atomic mass is 32.2. The van der Waals surface area contributed by atoms with Gasteiger partial charge in [0.05, 0.1) is 26.4 Å². The zero-order valence-electron chi connectivity index (χ0n) is 12.4. The standard InChI is InChI=1S/C14H23NO4S/c1-14(17,9-16)8-15-7-10-5-11(18-2)12(19-3)6-13(10)20-4/h5-6,15-17H,7-9H2,1-4H3. The van der Waals surface area contributed by atoms with Crippen LogP contribution in [0.15, 0.2) is 17.0 Å². The molecule has 0 bridgehead atoms. The first-order valence-electron chi connectivity index (χ1n) is 6.30. The lowest BCUT2D eigenvalue weighted by Gasteiger charge is -2.21. The normalized spacial score (nSPS) is 13.9. The minimum absolute atomic E-state index is 0.276. The molecule has 0 heterocycles. The first kappa shape index (κ1) is 17.1. The van der Waals surface area contributed by atoms with Crippen LogP contribution in [0.5, 0.6) is 11.5 Å². The Kier molecular flexibility index (Phi) is 6.61. The SMILES string of the molecule is COc1cc(CNCC(C)(O)CO)c(SC)cc1OC. The van der Waals surface area contributed by atoms with Crippen LogP contribution < -0.4 is 14.8 Å². The summed E-state index contributed by atoms with van der Waals surface area (Å²) in [7, 11) is 3.21. The summed E-state index contributed by atoms with van der Waals surface area (Å²) in [5.41, 5.74) is -0.0558. The highest BCUT2D eigenvalue weighted by Crippen LogP contribution is 2.34. The zero-order chi connectivity index (χ0) is 15.2. The highest BCUT2D eigenvalue weighted by molar-refractivity contribution is 7.98. The van der Waals surface area contributed by atoms with E-state index in [9.17, 15) is 5.11 Å². The van der Waals surface area contributed by atoms with E-state index in [1.807, 2.05) is 18.4 Å². The lowest BCUT2D eigenvalue weighted by molar-refractivity contribution is 0.00250. The van der Waals surface area contributed by atoms with Gasteiger partial charge < -0.3 is 25.0 Å². The van der Waals surface area contributed by atoms with E-state index in [2.05, 4.69) is 5.32 Å². The topological polar surface area (TPSA) is 71.0 Å². The number of rotatable bonds is 8. The molecule has 114 valence electrons. The molecule has 20 heavy (non-hydrogen) atoms. The number of hydrogen-bond acceptors (Lipinski definition) is 6. The van der Waals surface area contributed by atoms with Gasteiger partial charge in [0.15, 0.2) is 11.5 Å². The van der Waals surface area contributed by atoms with Gasteiger partial charge in [-0.25, -0.2) is 0 Å². The largest absolute Gasteiger partial charge is 0.493 e. The molecule has 3 N–H and O–H groups in total. The summed E-state index contributed by atoms with van der Waals surface area (Å²) in [6, 6.07) is 3.86. The Hall–Kier alpha value is -0.950. The summed E-state index contributed by atoms with van der Waals surface area (Å²) in [6.07, 6.45) is 1.99. The van der Waals surface area contributed by atoms with E-state index < -0.39 is 5.60 Å². The Morgan fingerprint density at radius 2 is 1.85 bits per heavy atom. The average Bonchev–Trinajstić information content (AvgIpc) is 2.46. The summed E-state index contributed by atoms with van der Waals surface area (Å²) < 4.78 is 10.6. The second kappa shape index (κ2) is 7.73. The van der Waals surface area contributed by atoms with Crippen molar-refractivity contribution >= 4 is 11.8 Å². The molecule has 0 aliphatic heterocycles. The molecule has 0 aliphatic rings. The molecule has 1 atom stereocenters. The lowest BCUT2D eigenvalue weighted by atomic mass is 10.1. The van der Waals surface area contributed by atoms with Crippen LogP contribution >= 0.6 is 11.8 Å². The summed E-state index contributed by atoms with van der Waals surface area (Å²) in [5.74, 6) is 1.37. The minimum Gasteiger partial charge on any atom is -0.493 e. The van der Waals surface area contributed by atoms with Gasteiger partial charge in [0, 0.05) is 18.0 Å². The van der Waals surface area contributed by atoms with E-state index in [4.69, 9.17) is 14.6 Å². The maximum Gasteiger partial charge on any atom is 0.161 e. The van der Waals surface area contributed by atoms with Gasteiger partial charge in [-0.15, -0.1) is 11.8 Å². The maximum atomic E-state index is 9.75. The van der Waals surface area contributed by atoms with Crippen molar-refractivity contribution in [1.29, 1.82) is 0 Å². The highest BCUT2D eigenvalue weighted by Gasteiger charge is 2.18. The molecule has 1 unspecified atom stereocenters. The molecule has 0 aromatic heterocycles. The van der Waals surface area contributed by atoms with Gasteiger partial charge in [-0.2, -0.15) is 0 Å². The van der Waals surface area contributed by atoms with Crippen LogP contribution in [-0.2, 0) is 6.54 Å². The fourth-order valence-electron chi connectivity index (χ4n) is 1.75. The van der Waals surface area contributed by atoms with Gasteiger partial charge >= 0.3 is 0 Å². The van der Waals surface area contributed by atoms with Crippen molar-refractivity contribution in [2.24, 2.45) is 0 Å².